The summed E-state index contributed by atoms with van der Waals surface area (Å²) in [5.41, 5.74) is 7.50. The van der Waals surface area contributed by atoms with Crippen LogP contribution in [0.15, 0.2) is 83.9 Å². The summed E-state index contributed by atoms with van der Waals surface area (Å²) in [5, 5.41) is 0.835. The molecule has 2 aromatic heterocycles. The van der Waals surface area contributed by atoms with Crippen LogP contribution in [0.5, 0.6) is 0 Å². The summed E-state index contributed by atoms with van der Waals surface area (Å²) in [7, 11) is -1.17. The van der Waals surface area contributed by atoms with Crippen molar-refractivity contribution in [3.8, 4) is 33.3 Å². The lowest BCUT2D eigenvalue weighted by atomic mass is 10.0. The van der Waals surface area contributed by atoms with Crippen LogP contribution in [0.25, 0.3) is 45.5 Å². The van der Waals surface area contributed by atoms with Crippen molar-refractivity contribution in [3.63, 3.8) is 0 Å². The standard InChI is InChI=1S/C30H27N3O2S2/c1-20-5-12-23(13-6-20)27-28(24-14-7-21(2)8-15-24)33(3)29(32-27)30-31-19-25(36-30)16-9-22-10-17-26(18-11-22)37(4,34)35/h5-19H,1-4H3/b16-9+. The van der Waals surface area contributed by atoms with Gasteiger partial charge in [0, 0.05) is 35.5 Å². The Bertz CT molecular complexity index is 1690. The van der Waals surface area contributed by atoms with E-state index in [2.05, 4.69) is 71.9 Å². The predicted molar refractivity (Wildman–Crippen MR) is 153 cm³/mol. The third kappa shape index (κ3) is 5.33. The number of benzene rings is 3. The van der Waals surface area contributed by atoms with E-state index in [1.807, 2.05) is 25.4 Å². The molecule has 0 radical (unpaired) electrons. The van der Waals surface area contributed by atoms with Gasteiger partial charge in [-0.05, 0) is 37.6 Å². The predicted octanol–water partition coefficient (Wildman–Crippen LogP) is 7.07. The summed E-state index contributed by atoms with van der Waals surface area (Å²) < 4.78 is 25.5. The Morgan fingerprint density at radius 2 is 1.41 bits per heavy atom. The number of nitrogens with zero attached hydrogens (tertiary/aromatic N) is 3. The van der Waals surface area contributed by atoms with Crippen molar-refractivity contribution in [3.05, 3.63) is 101 Å². The maximum atomic E-state index is 11.7. The van der Waals surface area contributed by atoms with Gasteiger partial charge >= 0.3 is 0 Å². The zero-order valence-corrected chi connectivity index (χ0v) is 22.8. The first kappa shape index (κ1) is 24.9. The summed E-state index contributed by atoms with van der Waals surface area (Å²) in [4.78, 5) is 11.1. The van der Waals surface area contributed by atoms with E-state index in [9.17, 15) is 8.42 Å². The van der Waals surface area contributed by atoms with Crippen LogP contribution in [-0.4, -0.2) is 29.2 Å². The van der Waals surface area contributed by atoms with Crippen molar-refractivity contribution >= 4 is 33.3 Å². The highest BCUT2D eigenvalue weighted by Gasteiger charge is 2.20. The molecule has 0 fully saturated rings. The Morgan fingerprint density at radius 3 is 2.00 bits per heavy atom. The Balaban J connectivity index is 1.51. The molecule has 5 aromatic rings. The molecular formula is C30H27N3O2S2. The lowest BCUT2D eigenvalue weighted by molar-refractivity contribution is 0.602. The van der Waals surface area contributed by atoms with Gasteiger partial charge in [-0.2, -0.15) is 0 Å². The van der Waals surface area contributed by atoms with E-state index in [4.69, 9.17) is 4.98 Å². The molecule has 0 bridgehead atoms. The number of aromatic nitrogens is 3. The van der Waals surface area contributed by atoms with E-state index in [0.717, 1.165) is 43.8 Å². The van der Waals surface area contributed by atoms with Gasteiger partial charge in [-0.1, -0.05) is 77.9 Å². The van der Waals surface area contributed by atoms with Gasteiger partial charge in [0.1, 0.15) is 0 Å². The number of rotatable bonds is 6. The van der Waals surface area contributed by atoms with Gasteiger partial charge < -0.3 is 4.57 Å². The summed E-state index contributed by atoms with van der Waals surface area (Å²) in [6, 6.07) is 23.8. The molecule has 0 unspecified atom stereocenters. The average Bonchev–Trinajstić information content (AvgIpc) is 3.48. The largest absolute Gasteiger partial charge is 0.325 e. The number of sulfone groups is 1. The summed E-state index contributed by atoms with van der Waals surface area (Å²) in [6.45, 7) is 4.17. The van der Waals surface area contributed by atoms with Crippen LogP contribution >= 0.6 is 11.3 Å². The molecular weight excluding hydrogens is 498 g/mol. The van der Waals surface area contributed by atoms with Gasteiger partial charge in [0.25, 0.3) is 0 Å². The highest BCUT2D eigenvalue weighted by atomic mass is 32.2. The Morgan fingerprint density at radius 1 is 0.811 bits per heavy atom. The molecule has 37 heavy (non-hydrogen) atoms. The number of imidazole rings is 1. The molecule has 2 heterocycles. The van der Waals surface area contributed by atoms with Crippen molar-refractivity contribution in [2.45, 2.75) is 18.7 Å². The fourth-order valence-corrected chi connectivity index (χ4v) is 5.59. The van der Waals surface area contributed by atoms with Crippen LogP contribution in [0.4, 0.5) is 0 Å². The van der Waals surface area contributed by atoms with Crippen LogP contribution < -0.4 is 0 Å². The molecule has 0 saturated carbocycles. The second-order valence-corrected chi connectivity index (χ2v) is 12.2. The van der Waals surface area contributed by atoms with E-state index >= 15 is 0 Å². The molecule has 5 nitrogen and oxygen atoms in total. The SMILES string of the molecule is Cc1ccc(-c2nc(-c3ncc(/C=C/c4ccc(S(C)(=O)=O)cc4)s3)n(C)c2-c2ccc(C)cc2)cc1. The Kier molecular flexibility index (Phi) is 6.67. The molecule has 5 rings (SSSR count). The minimum Gasteiger partial charge on any atom is -0.325 e. The number of hydrogen-bond acceptors (Lipinski definition) is 5. The first-order valence-corrected chi connectivity index (χ1v) is 14.5. The van der Waals surface area contributed by atoms with E-state index in [1.165, 1.54) is 17.4 Å². The molecule has 0 aliphatic heterocycles. The molecule has 0 aliphatic rings. The molecule has 0 saturated heterocycles. The number of thiazole rings is 1. The monoisotopic (exact) mass is 525 g/mol. The van der Waals surface area contributed by atoms with Gasteiger partial charge in [0.05, 0.1) is 16.3 Å². The van der Waals surface area contributed by atoms with Crippen molar-refractivity contribution in [2.75, 3.05) is 6.26 Å². The molecule has 0 spiro atoms. The van der Waals surface area contributed by atoms with Gasteiger partial charge in [-0.25, -0.2) is 18.4 Å². The fourth-order valence-electron chi connectivity index (χ4n) is 4.12. The fraction of sp³-hybridized carbons (Fsp3) is 0.133. The summed E-state index contributed by atoms with van der Waals surface area (Å²) in [6.07, 6.45) is 6.99. The second-order valence-electron chi connectivity index (χ2n) is 9.17. The number of aryl methyl sites for hydroxylation is 2. The zero-order chi connectivity index (χ0) is 26.2. The van der Waals surface area contributed by atoms with Crippen LogP contribution in [0, 0.1) is 13.8 Å². The van der Waals surface area contributed by atoms with E-state index in [0.29, 0.717) is 4.90 Å². The minimum atomic E-state index is -3.21. The molecule has 7 heteroatoms. The highest BCUT2D eigenvalue weighted by molar-refractivity contribution is 7.90. The maximum absolute atomic E-state index is 11.7. The Hall–Kier alpha value is -3.81. The zero-order valence-electron chi connectivity index (χ0n) is 21.1. The van der Waals surface area contributed by atoms with Crippen LogP contribution in [-0.2, 0) is 16.9 Å². The second kappa shape index (κ2) is 9.92. The summed E-state index contributed by atoms with van der Waals surface area (Å²) >= 11 is 1.57. The first-order chi connectivity index (χ1) is 17.7. The van der Waals surface area contributed by atoms with Gasteiger partial charge in [-0.15, -0.1) is 11.3 Å². The highest BCUT2D eigenvalue weighted by Crippen LogP contribution is 2.37. The maximum Gasteiger partial charge on any atom is 0.175 e. The molecule has 0 amide bonds. The first-order valence-electron chi connectivity index (χ1n) is 11.8. The quantitative estimate of drug-likeness (QED) is 0.238. The number of hydrogen-bond donors (Lipinski definition) is 0. The van der Waals surface area contributed by atoms with Crippen LogP contribution in [0.1, 0.15) is 21.6 Å². The van der Waals surface area contributed by atoms with Crippen molar-refractivity contribution in [2.24, 2.45) is 7.05 Å². The molecule has 186 valence electrons. The van der Waals surface area contributed by atoms with Gasteiger partial charge in [0.2, 0.25) is 0 Å². The topological polar surface area (TPSA) is 64.8 Å². The van der Waals surface area contributed by atoms with Crippen molar-refractivity contribution < 1.29 is 8.42 Å². The minimum absolute atomic E-state index is 0.313. The van der Waals surface area contributed by atoms with E-state index < -0.39 is 9.84 Å². The molecule has 3 aromatic carbocycles. The van der Waals surface area contributed by atoms with Crippen molar-refractivity contribution in [1.82, 2.24) is 14.5 Å². The van der Waals surface area contributed by atoms with Gasteiger partial charge in [-0.3, -0.25) is 0 Å². The molecule has 0 N–H and O–H groups in total. The van der Waals surface area contributed by atoms with E-state index in [1.54, 1.807) is 35.6 Å². The average molecular weight is 526 g/mol. The molecule has 0 atom stereocenters. The third-order valence-electron chi connectivity index (χ3n) is 6.21. The van der Waals surface area contributed by atoms with E-state index in [-0.39, 0.29) is 0 Å². The summed E-state index contributed by atoms with van der Waals surface area (Å²) in [5.74, 6) is 0.813. The smallest absolute Gasteiger partial charge is 0.175 e. The van der Waals surface area contributed by atoms with Crippen LogP contribution in [0.2, 0.25) is 0 Å². The molecule has 0 aliphatic carbocycles. The lowest BCUT2D eigenvalue weighted by Crippen LogP contribution is -1.95. The lowest BCUT2D eigenvalue weighted by Gasteiger charge is -2.08. The van der Waals surface area contributed by atoms with Crippen molar-refractivity contribution in [1.29, 1.82) is 0 Å². The Labute approximate surface area is 221 Å². The third-order valence-corrected chi connectivity index (χ3v) is 8.30. The van der Waals surface area contributed by atoms with Gasteiger partial charge in [0.15, 0.2) is 20.7 Å². The normalized spacial score (nSPS) is 11.9. The van der Waals surface area contributed by atoms with Crippen LogP contribution in [0.3, 0.4) is 0 Å².